The average molecular weight is 287 g/mol. The van der Waals surface area contributed by atoms with Crippen LogP contribution >= 0.6 is 0 Å². The minimum absolute atomic E-state index is 0.428. The van der Waals surface area contributed by atoms with E-state index in [9.17, 15) is 14.7 Å². The molecule has 1 saturated heterocycles. The average Bonchev–Trinajstić information content (AvgIpc) is 2.35. The van der Waals surface area contributed by atoms with Gasteiger partial charge in [0.2, 0.25) is 0 Å². The van der Waals surface area contributed by atoms with Crippen LogP contribution in [0, 0.1) is 5.92 Å². The zero-order valence-electron chi connectivity index (χ0n) is 12.4. The van der Waals surface area contributed by atoms with Crippen molar-refractivity contribution in [2.24, 2.45) is 5.92 Å². The van der Waals surface area contributed by atoms with Gasteiger partial charge in [-0.1, -0.05) is 13.8 Å². The zero-order valence-corrected chi connectivity index (χ0v) is 12.4. The molecular formula is C13H25N3O4. The van der Waals surface area contributed by atoms with Crippen LogP contribution in [0.3, 0.4) is 0 Å². The number of carboxylic acid groups (broad SMARTS) is 1. The Balaban J connectivity index is 2.44. The van der Waals surface area contributed by atoms with Crippen molar-refractivity contribution in [3.8, 4) is 0 Å². The summed E-state index contributed by atoms with van der Waals surface area (Å²) in [6.07, 6.45) is -1.13. The highest BCUT2D eigenvalue weighted by Crippen LogP contribution is 2.06. The first-order chi connectivity index (χ1) is 9.31. The lowest BCUT2D eigenvalue weighted by Crippen LogP contribution is -2.56. The van der Waals surface area contributed by atoms with Gasteiger partial charge in [0, 0.05) is 32.7 Å². The van der Waals surface area contributed by atoms with Crippen LogP contribution in [0.15, 0.2) is 0 Å². The SMILES string of the molecule is CC(C)CN1CCN(C(=O)N[C@H](C(=O)O)[C@@H](C)O)CC1. The predicted octanol–water partition coefficient (Wildman–Crippen LogP) is -0.196. The summed E-state index contributed by atoms with van der Waals surface area (Å²) in [6.45, 7) is 9.38. The summed E-state index contributed by atoms with van der Waals surface area (Å²) in [5.41, 5.74) is 0. The van der Waals surface area contributed by atoms with E-state index in [1.54, 1.807) is 4.90 Å². The molecule has 1 aliphatic rings. The Morgan fingerprint density at radius 1 is 1.15 bits per heavy atom. The Morgan fingerprint density at radius 3 is 2.10 bits per heavy atom. The third kappa shape index (κ3) is 4.97. The Hall–Kier alpha value is -1.34. The fraction of sp³-hybridized carbons (Fsp3) is 0.846. The largest absolute Gasteiger partial charge is 0.480 e. The number of nitrogens with one attached hydrogen (secondary N) is 1. The van der Waals surface area contributed by atoms with E-state index >= 15 is 0 Å². The number of piperazine rings is 1. The van der Waals surface area contributed by atoms with E-state index in [-0.39, 0.29) is 0 Å². The summed E-state index contributed by atoms with van der Waals surface area (Å²) in [4.78, 5) is 26.8. The molecule has 1 fully saturated rings. The fourth-order valence-corrected chi connectivity index (χ4v) is 2.26. The number of aliphatic hydroxyl groups excluding tert-OH is 1. The van der Waals surface area contributed by atoms with Gasteiger partial charge in [-0.3, -0.25) is 4.90 Å². The molecule has 1 rings (SSSR count). The monoisotopic (exact) mass is 287 g/mol. The van der Waals surface area contributed by atoms with Gasteiger partial charge >= 0.3 is 12.0 Å². The highest BCUT2D eigenvalue weighted by molar-refractivity contribution is 5.83. The van der Waals surface area contributed by atoms with Gasteiger partial charge in [0.1, 0.15) is 0 Å². The Kier molecular flexibility index (Phi) is 6.22. The maximum Gasteiger partial charge on any atom is 0.328 e. The van der Waals surface area contributed by atoms with E-state index in [1.807, 2.05) is 0 Å². The predicted molar refractivity (Wildman–Crippen MR) is 74.5 cm³/mol. The Bertz CT molecular complexity index is 339. The first-order valence-electron chi connectivity index (χ1n) is 7.00. The summed E-state index contributed by atoms with van der Waals surface area (Å²) in [6, 6.07) is -1.70. The third-order valence-electron chi connectivity index (χ3n) is 3.31. The second kappa shape index (κ2) is 7.44. The molecule has 0 saturated carbocycles. The second-order valence-corrected chi connectivity index (χ2v) is 5.69. The third-order valence-corrected chi connectivity index (χ3v) is 3.31. The zero-order chi connectivity index (χ0) is 15.3. The molecule has 0 radical (unpaired) electrons. The molecule has 1 heterocycles. The second-order valence-electron chi connectivity index (χ2n) is 5.69. The number of amides is 2. The van der Waals surface area contributed by atoms with Crippen LogP contribution < -0.4 is 5.32 Å². The van der Waals surface area contributed by atoms with E-state index in [4.69, 9.17) is 5.11 Å². The Labute approximate surface area is 119 Å². The molecule has 0 aromatic carbocycles. The highest BCUT2D eigenvalue weighted by atomic mass is 16.4. The van der Waals surface area contributed by atoms with Gasteiger partial charge in [0.05, 0.1) is 6.10 Å². The molecule has 116 valence electrons. The summed E-state index contributed by atoms with van der Waals surface area (Å²) in [7, 11) is 0. The number of aliphatic carboxylic acids is 1. The highest BCUT2D eigenvalue weighted by Gasteiger charge is 2.28. The molecule has 7 heteroatoms. The lowest BCUT2D eigenvalue weighted by atomic mass is 10.2. The molecule has 2 amide bonds. The smallest absolute Gasteiger partial charge is 0.328 e. The van der Waals surface area contributed by atoms with Crippen molar-refractivity contribution >= 4 is 12.0 Å². The van der Waals surface area contributed by atoms with E-state index in [0.717, 1.165) is 19.6 Å². The summed E-state index contributed by atoms with van der Waals surface area (Å²) in [5.74, 6) is -0.645. The van der Waals surface area contributed by atoms with Crippen LogP contribution in [-0.2, 0) is 4.79 Å². The van der Waals surface area contributed by atoms with Crippen LogP contribution in [0.2, 0.25) is 0 Å². The van der Waals surface area contributed by atoms with Gasteiger partial charge in [-0.2, -0.15) is 0 Å². The van der Waals surface area contributed by atoms with Crippen molar-refractivity contribution in [3.05, 3.63) is 0 Å². The molecule has 0 bridgehead atoms. The van der Waals surface area contributed by atoms with Crippen LogP contribution in [0.25, 0.3) is 0 Å². The lowest BCUT2D eigenvalue weighted by Gasteiger charge is -2.36. The Morgan fingerprint density at radius 2 is 1.70 bits per heavy atom. The summed E-state index contributed by atoms with van der Waals surface area (Å²) < 4.78 is 0. The minimum atomic E-state index is -1.27. The summed E-state index contributed by atoms with van der Waals surface area (Å²) in [5, 5.41) is 20.6. The molecule has 0 aromatic heterocycles. The molecule has 1 aliphatic heterocycles. The van der Waals surface area contributed by atoms with Crippen molar-refractivity contribution in [3.63, 3.8) is 0 Å². The molecule has 3 N–H and O–H groups in total. The topological polar surface area (TPSA) is 93.1 Å². The van der Waals surface area contributed by atoms with Crippen molar-refractivity contribution < 1.29 is 19.8 Å². The van der Waals surface area contributed by atoms with Gasteiger partial charge in [-0.15, -0.1) is 0 Å². The number of carbonyl (C=O) groups excluding carboxylic acids is 1. The number of hydrogen-bond acceptors (Lipinski definition) is 4. The van der Waals surface area contributed by atoms with Crippen molar-refractivity contribution in [1.82, 2.24) is 15.1 Å². The van der Waals surface area contributed by atoms with Crippen LogP contribution in [-0.4, -0.2) is 76.9 Å². The lowest BCUT2D eigenvalue weighted by molar-refractivity contribution is -0.141. The fourth-order valence-electron chi connectivity index (χ4n) is 2.26. The van der Waals surface area contributed by atoms with Gasteiger partial charge in [0.15, 0.2) is 6.04 Å². The van der Waals surface area contributed by atoms with Crippen LogP contribution in [0.4, 0.5) is 4.79 Å². The number of carboxylic acids is 1. The molecule has 0 aromatic rings. The molecule has 0 aliphatic carbocycles. The quantitative estimate of drug-likeness (QED) is 0.651. The van der Waals surface area contributed by atoms with Crippen LogP contribution in [0.5, 0.6) is 0 Å². The molecular weight excluding hydrogens is 262 g/mol. The van der Waals surface area contributed by atoms with E-state index in [1.165, 1.54) is 6.92 Å². The van der Waals surface area contributed by atoms with E-state index < -0.39 is 24.1 Å². The number of aliphatic hydroxyl groups is 1. The molecule has 0 spiro atoms. The maximum absolute atomic E-state index is 12.0. The van der Waals surface area contributed by atoms with Gasteiger partial charge < -0.3 is 20.4 Å². The first kappa shape index (κ1) is 16.7. The first-order valence-corrected chi connectivity index (χ1v) is 7.00. The molecule has 0 unspecified atom stereocenters. The van der Waals surface area contributed by atoms with Crippen LogP contribution in [0.1, 0.15) is 20.8 Å². The maximum atomic E-state index is 12.0. The van der Waals surface area contributed by atoms with Gasteiger partial charge in [0.25, 0.3) is 0 Å². The number of carbonyl (C=O) groups is 2. The summed E-state index contributed by atoms with van der Waals surface area (Å²) >= 11 is 0. The normalized spacial score (nSPS) is 19.8. The number of hydrogen-bond donors (Lipinski definition) is 3. The molecule has 20 heavy (non-hydrogen) atoms. The standard InChI is InChI=1S/C13H25N3O4/c1-9(2)8-15-4-6-16(7-5-15)13(20)14-11(10(3)17)12(18)19/h9-11,17H,4-8H2,1-3H3,(H,14,20)(H,18,19)/t10-,11+/m1/s1. The number of nitrogens with zero attached hydrogens (tertiary/aromatic N) is 2. The number of rotatable bonds is 5. The van der Waals surface area contributed by atoms with Crippen molar-refractivity contribution in [1.29, 1.82) is 0 Å². The minimum Gasteiger partial charge on any atom is -0.480 e. The molecule has 7 nitrogen and oxygen atoms in total. The number of urea groups is 1. The van der Waals surface area contributed by atoms with Gasteiger partial charge in [-0.05, 0) is 12.8 Å². The van der Waals surface area contributed by atoms with Gasteiger partial charge in [-0.25, -0.2) is 9.59 Å². The van der Waals surface area contributed by atoms with E-state index in [2.05, 4.69) is 24.1 Å². The van der Waals surface area contributed by atoms with Crippen molar-refractivity contribution in [2.45, 2.75) is 32.9 Å². The van der Waals surface area contributed by atoms with Crippen molar-refractivity contribution in [2.75, 3.05) is 32.7 Å². The molecule has 2 atom stereocenters. The van der Waals surface area contributed by atoms with E-state index in [0.29, 0.717) is 19.0 Å².